The summed E-state index contributed by atoms with van der Waals surface area (Å²) in [6.07, 6.45) is 2.33. The third-order valence-corrected chi connectivity index (χ3v) is 2.78. The van der Waals surface area contributed by atoms with Crippen LogP contribution in [0.3, 0.4) is 0 Å². The smallest absolute Gasteiger partial charge is 0.337 e. The Morgan fingerprint density at radius 1 is 1.44 bits per heavy atom. The molecule has 2 amide bonds. The van der Waals surface area contributed by atoms with E-state index in [-0.39, 0.29) is 11.3 Å². The topological polar surface area (TPSA) is 78.4 Å². The number of carboxylic acids is 1. The molecule has 0 atom stereocenters. The Morgan fingerprint density at radius 3 is 2.78 bits per heavy atom. The lowest BCUT2D eigenvalue weighted by atomic mass is 10.2. The molecule has 0 fully saturated rings. The van der Waals surface area contributed by atoms with E-state index in [0.29, 0.717) is 17.4 Å². The number of rotatable bonds is 5. The number of anilines is 1. The van der Waals surface area contributed by atoms with Gasteiger partial charge in [0.25, 0.3) is 0 Å². The van der Waals surface area contributed by atoms with Gasteiger partial charge in [0.05, 0.1) is 11.3 Å². The molecule has 0 aromatic heterocycles. The van der Waals surface area contributed by atoms with Crippen molar-refractivity contribution in [3.8, 4) is 0 Å². The van der Waals surface area contributed by atoms with Gasteiger partial charge in [-0.25, -0.2) is 9.59 Å². The van der Waals surface area contributed by atoms with Gasteiger partial charge in [0, 0.05) is 11.0 Å². The number of aromatic carboxylic acids is 1. The van der Waals surface area contributed by atoms with E-state index in [9.17, 15) is 9.59 Å². The van der Waals surface area contributed by atoms with Gasteiger partial charge in [-0.2, -0.15) is 0 Å². The van der Waals surface area contributed by atoms with Crippen LogP contribution in [0.2, 0.25) is 0 Å². The van der Waals surface area contributed by atoms with E-state index >= 15 is 0 Å². The number of nitrogens with one attached hydrogen (secondary N) is 2. The second kappa shape index (κ2) is 6.80. The molecule has 18 heavy (non-hydrogen) atoms. The second-order valence-electron chi connectivity index (χ2n) is 3.43. The van der Waals surface area contributed by atoms with Crippen molar-refractivity contribution in [3.63, 3.8) is 0 Å². The highest BCUT2D eigenvalue weighted by Crippen LogP contribution is 2.26. The first-order valence-corrected chi connectivity index (χ1v) is 6.03. The zero-order valence-corrected chi connectivity index (χ0v) is 11.2. The molecule has 0 saturated heterocycles. The second-order valence-corrected chi connectivity index (χ2v) is 4.28. The summed E-state index contributed by atoms with van der Waals surface area (Å²) in [5.41, 5.74) is 0.268. The number of amides is 2. The summed E-state index contributed by atoms with van der Waals surface area (Å²) in [5, 5.41) is 14.1. The van der Waals surface area contributed by atoms with Crippen LogP contribution in [0.15, 0.2) is 35.3 Å². The van der Waals surface area contributed by atoms with Crippen LogP contribution in [0.1, 0.15) is 16.8 Å². The summed E-state index contributed by atoms with van der Waals surface area (Å²) < 4.78 is 0.515. The van der Waals surface area contributed by atoms with Crippen molar-refractivity contribution in [3.05, 3.63) is 40.9 Å². The van der Waals surface area contributed by atoms with Crippen molar-refractivity contribution >= 4 is 33.6 Å². The number of para-hydroxylation sites is 1. The van der Waals surface area contributed by atoms with Gasteiger partial charge in [0.1, 0.15) is 0 Å². The molecular weight excluding hydrogens is 300 g/mol. The molecule has 0 unspecified atom stereocenters. The fourth-order valence-electron chi connectivity index (χ4n) is 1.27. The quantitative estimate of drug-likeness (QED) is 0.578. The van der Waals surface area contributed by atoms with Gasteiger partial charge in [0.2, 0.25) is 0 Å². The lowest BCUT2D eigenvalue weighted by Gasteiger charge is -2.11. The van der Waals surface area contributed by atoms with Crippen molar-refractivity contribution in [2.45, 2.75) is 6.42 Å². The number of hydrogen-bond donors (Lipinski definition) is 3. The van der Waals surface area contributed by atoms with Crippen LogP contribution in [0.5, 0.6) is 0 Å². The van der Waals surface area contributed by atoms with Crippen LogP contribution in [0.25, 0.3) is 0 Å². The summed E-state index contributed by atoms with van der Waals surface area (Å²) >= 11 is 3.20. The molecule has 1 rings (SSSR count). The number of carboxylic acid groups (broad SMARTS) is 1. The Kier molecular flexibility index (Phi) is 5.38. The molecule has 5 nitrogen and oxygen atoms in total. The van der Waals surface area contributed by atoms with E-state index in [1.165, 1.54) is 6.07 Å². The van der Waals surface area contributed by atoms with Crippen molar-refractivity contribution in [2.75, 3.05) is 11.9 Å². The fraction of sp³-hybridized carbons (Fsp3) is 0.167. The number of carbonyl (C=O) groups excluding carboxylic acids is 1. The monoisotopic (exact) mass is 312 g/mol. The molecule has 0 aliphatic rings. The first-order chi connectivity index (χ1) is 8.56. The number of urea groups is 1. The lowest BCUT2D eigenvalue weighted by Crippen LogP contribution is -2.30. The molecule has 0 heterocycles. The minimum atomic E-state index is -1.10. The van der Waals surface area contributed by atoms with Gasteiger partial charge < -0.3 is 15.7 Å². The van der Waals surface area contributed by atoms with Crippen molar-refractivity contribution in [1.29, 1.82) is 0 Å². The van der Waals surface area contributed by atoms with E-state index < -0.39 is 12.0 Å². The number of benzene rings is 1. The van der Waals surface area contributed by atoms with Crippen molar-refractivity contribution < 1.29 is 14.7 Å². The molecule has 0 radical (unpaired) electrons. The zero-order chi connectivity index (χ0) is 13.5. The summed E-state index contributed by atoms with van der Waals surface area (Å²) in [6, 6.07) is 4.22. The highest BCUT2D eigenvalue weighted by Gasteiger charge is 2.14. The van der Waals surface area contributed by atoms with E-state index in [2.05, 4.69) is 33.1 Å². The van der Waals surface area contributed by atoms with Gasteiger partial charge in [-0.1, -0.05) is 12.1 Å². The van der Waals surface area contributed by atoms with Gasteiger partial charge in [0.15, 0.2) is 0 Å². The number of hydrogen-bond acceptors (Lipinski definition) is 2. The molecular formula is C12H13BrN2O3. The Morgan fingerprint density at radius 2 is 2.17 bits per heavy atom. The van der Waals surface area contributed by atoms with Gasteiger partial charge in [-0.15, -0.1) is 6.58 Å². The first kappa shape index (κ1) is 14.2. The molecule has 0 saturated carbocycles. The largest absolute Gasteiger partial charge is 0.478 e. The van der Waals surface area contributed by atoms with Crippen LogP contribution in [0.4, 0.5) is 10.5 Å². The van der Waals surface area contributed by atoms with Gasteiger partial charge in [-0.3, -0.25) is 0 Å². The zero-order valence-electron chi connectivity index (χ0n) is 9.57. The number of carbonyl (C=O) groups is 2. The highest BCUT2D eigenvalue weighted by molar-refractivity contribution is 9.10. The van der Waals surface area contributed by atoms with E-state index in [0.717, 1.165) is 0 Å². The van der Waals surface area contributed by atoms with Gasteiger partial charge in [-0.05, 0) is 34.5 Å². The van der Waals surface area contributed by atoms with E-state index in [1.807, 2.05) is 0 Å². The minimum Gasteiger partial charge on any atom is -0.478 e. The summed E-state index contributed by atoms with van der Waals surface area (Å²) in [7, 11) is 0. The predicted octanol–water partition coefficient (Wildman–Crippen LogP) is 2.84. The van der Waals surface area contributed by atoms with Crippen LogP contribution >= 0.6 is 15.9 Å². The third-order valence-electron chi connectivity index (χ3n) is 2.12. The molecule has 3 N–H and O–H groups in total. The Bertz CT molecular complexity index is 474. The Hall–Kier alpha value is -1.82. The van der Waals surface area contributed by atoms with Crippen LogP contribution in [-0.4, -0.2) is 23.7 Å². The maximum atomic E-state index is 11.5. The van der Waals surface area contributed by atoms with Crippen molar-refractivity contribution in [2.24, 2.45) is 0 Å². The molecule has 6 heteroatoms. The summed E-state index contributed by atoms with van der Waals surface area (Å²) in [4.78, 5) is 22.6. The maximum Gasteiger partial charge on any atom is 0.337 e. The Balaban J connectivity index is 2.80. The van der Waals surface area contributed by atoms with E-state index in [4.69, 9.17) is 5.11 Å². The predicted molar refractivity (Wildman–Crippen MR) is 72.9 cm³/mol. The average molecular weight is 313 g/mol. The molecule has 0 aliphatic heterocycles. The van der Waals surface area contributed by atoms with Crippen LogP contribution in [-0.2, 0) is 0 Å². The molecule has 1 aromatic rings. The first-order valence-electron chi connectivity index (χ1n) is 5.23. The highest BCUT2D eigenvalue weighted by atomic mass is 79.9. The van der Waals surface area contributed by atoms with Crippen LogP contribution in [0, 0.1) is 0 Å². The summed E-state index contributed by atoms with van der Waals surface area (Å²) in [5.74, 6) is -1.10. The molecule has 0 bridgehead atoms. The molecule has 96 valence electrons. The molecule has 1 aromatic carbocycles. The summed E-state index contributed by atoms with van der Waals surface area (Å²) in [6.45, 7) is 3.98. The number of halogens is 1. The van der Waals surface area contributed by atoms with Crippen LogP contribution < -0.4 is 10.6 Å². The minimum absolute atomic E-state index is 0.0308. The van der Waals surface area contributed by atoms with Crippen molar-refractivity contribution in [1.82, 2.24) is 5.32 Å². The average Bonchev–Trinajstić information content (AvgIpc) is 2.31. The molecule has 0 aliphatic carbocycles. The Labute approximate surface area is 113 Å². The fourth-order valence-corrected chi connectivity index (χ4v) is 1.74. The third kappa shape index (κ3) is 3.89. The van der Waals surface area contributed by atoms with Gasteiger partial charge >= 0.3 is 12.0 Å². The lowest BCUT2D eigenvalue weighted by molar-refractivity contribution is 0.0698. The standard InChI is InChI=1S/C12H13BrN2O3/c1-2-3-7-14-12(18)15-10-8(11(16)17)5-4-6-9(10)13/h2,4-6H,1,3,7H2,(H,16,17)(H2,14,15,18). The normalized spacial score (nSPS) is 9.61. The maximum absolute atomic E-state index is 11.5. The van der Waals surface area contributed by atoms with E-state index in [1.54, 1.807) is 18.2 Å². The molecule has 0 spiro atoms. The SMILES string of the molecule is C=CCCNC(=O)Nc1c(Br)cccc1C(=O)O.